The number of hydrogen-bond donors (Lipinski definition) is 1. The van der Waals surface area contributed by atoms with Crippen LogP contribution in [0.3, 0.4) is 0 Å². The molecule has 33 heavy (non-hydrogen) atoms. The van der Waals surface area contributed by atoms with Crippen molar-refractivity contribution in [1.82, 2.24) is 19.7 Å². The number of esters is 1. The zero-order valence-corrected chi connectivity index (χ0v) is 17.6. The highest BCUT2D eigenvalue weighted by molar-refractivity contribution is 6.01. The Morgan fingerprint density at radius 2 is 2.12 bits per heavy atom. The first-order valence-electron chi connectivity index (χ1n) is 9.64. The molecule has 0 fully saturated rings. The molecule has 0 aliphatic rings. The van der Waals surface area contributed by atoms with E-state index in [0.717, 1.165) is 16.8 Å². The van der Waals surface area contributed by atoms with E-state index in [9.17, 15) is 27.9 Å². The van der Waals surface area contributed by atoms with Gasteiger partial charge in [0, 0.05) is 31.8 Å². The van der Waals surface area contributed by atoms with Crippen LogP contribution in [0.1, 0.15) is 28.0 Å². The van der Waals surface area contributed by atoms with Crippen LogP contribution in [0.25, 0.3) is 16.7 Å². The number of carbonyl (C=O) groups excluding carboxylic acids is 2. The molecule has 8 nitrogen and oxygen atoms in total. The van der Waals surface area contributed by atoms with Crippen molar-refractivity contribution in [3.8, 4) is 17.5 Å². The van der Waals surface area contributed by atoms with Crippen LogP contribution in [0.15, 0.2) is 36.5 Å². The van der Waals surface area contributed by atoms with E-state index in [0.29, 0.717) is 11.8 Å². The summed E-state index contributed by atoms with van der Waals surface area (Å²) in [7, 11) is 2.69. The van der Waals surface area contributed by atoms with Crippen LogP contribution in [0.2, 0.25) is 0 Å². The van der Waals surface area contributed by atoms with Crippen LogP contribution in [-0.2, 0) is 15.7 Å². The summed E-state index contributed by atoms with van der Waals surface area (Å²) in [6.07, 6.45) is -3.69. The molecule has 1 amide bonds. The van der Waals surface area contributed by atoms with Crippen molar-refractivity contribution in [2.24, 2.45) is 0 Å². The van der Waals surface area contributed by atoms with Crippen molar-refractivity contribution < 1.29 is 32.6 Å². The van der Waals surface area contributed by atoms with Crippen LogP contribution >= 0.6 is 0 Å². The van der Waals surface area contributed by atoms with Gasteiger partial charge < -0.3 is 14.7 Å². The molecule has 0 bridgehead atoms. The van der Waals surface area contributed by atoms with Crippen molar-refractivity contribution >= 4 is 23.4 Å². The number of aliphatic hydroxyl groups excluding tert-OH is 1. The van der Waals surface area contributed by atoms with Crippen molar-refractivity contribution in [3.63, 3.8) is 0 Å². The van der Waals surface area contributed by atoms with Crippen molar-refractivity contribution in [1.29, 1.82) is 0 Å². The Morgan fingerprint density at radius 3 is 2.79 bits per heavy atom. The predicted molar refractivity (Wildman–Crippen MR) is 111 cm³/mol. The third-order valence-electron chi connectivity index (χ3n) is 4.63. The first kappa shape index (κ1) is 23.7. The van der Waals surface area contributed by atoms with Crippen molar-refractivity contribution in [2.45, 2.75) is 18.7 Å². The summed E-state index contributed by atoms with van der Waals surface area (Å²) in [5.41, 5.74) is -0.975. The first-order chi connectivity index (χ1) is 15.6. The number of aromatic nitrogens is 3. The highest BCUT2D eigenvalue weighted by Crippen LogP contribution is 2.32. The second-order valence-corrected chi connectivity index (χ2v) is 7.05. The minimum Gasteiger partial charge on any atom is -0.464 e. The molecule has 0 radical (unpaired) electrons. The Bertz CT molecular complexity index is 1240. The van der Waals surface area contributed by atoms with Gasteiger partial charge in [0.2, 0.25) is 6.41 Å². The number of ether oxygens (including phenoxy) is 1. The van der Waals surface area contributed by atoms with E-state index in [1.165, 1.54) is 31.3 Å². The molecule has 2 heterocycles. The van der Waals surface area contributed by atoms with E-state index >= 15 is 0 Å². The average molecular weight is 460 g/mol. The number of benzene rings is 1. The van der Waals surface area contributed by atoms with Gasteiger partial charge in [-0.1, -0.05) is 11.8 Å². The second kappa shape index (κ2) is 9.70. The molecule has 0 saturated carbocycles. The molecule has 0 aliphatic heterocycles. The summed E-state index contributed by atoms with van der Waals surface area (Å²) >= 11 is 0. The molecule has 1 atom stereocenters. The molecule has 0 spiro atoms. The number of halogens is 3. The average Bonchev–Trinajstić information content (AvgIpc) is 3.19. The Balaban J connectivity index is 2.08. The number of pyridine rings is 1. The molecule has 3 rings (SSSR count). The third kappa shape index (κ3) is 5.48. The number of carbonyl (C=O) groups is 2. The van der Waals surface area contributed by atoms with Gasteiger partial charge >= 0.3 is 12.1 Å². The van der Waals surface area contributed by atoms with E-state index in [4.69, 9.17) is 4.74 Å². The number of hydrogen-bond acceptors (Lipinski definition) is 6. The van der Waals surface area contributed by atoms with Gasteiger partial charge in [-0.2, -0.15) is 18.3 Å². The lowest BCUT2D eigenvalue weighted by Gasteiger charge is -2.11. The largest absolute Gasteiger partial charge is 0.464 e. The highest BCUT2D eigenvalue weighted by Gasteiger charge is 2.32. The van der Waals surface area contributed by atoms with Crippen LogP contribution < -0.4 is 0 Å². The van der Waals surface area contributed by atoms with Crippen LogP contribution in [0.5, 0.6) is 0 Å². The molecular formula is C22H19F3N4O4. The number of methoxy groups -OCH3 is 1. The standard InChI is InChI=1S/C22H19F3N4O4/c1-28(13-30)9-7-17(31)6-5-14-10-15(22(23,24)25)12-16(11-14)29-20-18(4-3-8-26-20)19(27-29)21(32)33-2/h3-4,8,10-13,17,31H,7,9H2,1-2H3/t17-/m0/s1. The summed E-state index contributed by atoms with van der Waals surface area (Å²) in [6, 6.07) is 6.17. The maximum absolute atomic E-state index is 13.6. The van der Waals surface area contributed by atoms with E-state index in [-0.39, 0.29) is 35.6 Å². The van der Waals surface area contributed by atoms with E-state index in [1.54, 1.807) is 12.1 Å². The summed E-state index contributed by atoms with van der Waals surface area (Å²) < 4.78 is 46.5. The Kier molecular flexibility index (Phi) is 6.98. The molecule has 0 unspecified atom stereocenters. The Hall–Kier alpha value is -3.91. The van der Waals surface area contributed by atoms with Crippen LogP contribution in [0.4, 0.5) is 13.2 Å². The van der Waals surface area contributed by atoms with Crippen molar-refractivity contribution in [3.05, 3.63) is 53.3 Å². The lowest BCUT2D eigenvalue weighted by molar-refractivity contribution is -0.137. The van der Waals surface area contributed by atoms with Gasteiger partial charge in [-0.15, -0.1) is 0 Å². The minimum atomic E-state index is -4.68. The maximum Gasteiger partial charge on any atom is 0.416 e. The molecule has 172 valence electrons. The van der Waals surface area contributed by atoms with E-state index < -0.39 is 23.8 Å². The van der Waals surface area contributed by atoms with Gasteiger partial charge in [0.05, 0.1) is 23.7 Å². The molecule has 3 aromatic rings. The normalized spacial score (nSPS) is 12.1. The minimum absolute atomic E-state index is 0.0249. The predicted octanol–water partition coefficient (Wildman–Crippen LogP) is 2.42. The zero-order valence-electron chi connectivity index (χ0n) is 17.6. The number of alkyl halides is 3. The van der Waals surface area contributed by atoms with Crippen LogP contribution in [-0.4, -0.2) is 64.0 Å². The monoisotopic (exact) mass is 460 g/mol. The summed E-state index contributed by atoms with van der Waals surface area (Å²) in [5.74, 6) is 4.26. The van der Waals surface area contributed by atoms with Gasteiger partial charge in [-0.05, 0) is 30.3 Å². The SMILES string of the molecule is COC(=O)c1nn(-c2cc(C#C[C@H](O)CCN(C)C=O)cc(C(F)(F)F)c2)c2ncccc12. The van der Waals surface area contributed by atoms with Gasteiger partial charge in [-0.3, -0.25) is 4.79 Å². The lowest BCUT2D eigenvalue weighted by Crippen LogP contribution is -2.21. The second-order valence-electron chi connectivity index (χ2n) is 7.05. The van der Waals surface area contributed by atoms with Gasteiger partial charge in [0.15, 0.2) is 11.3 Å². The van der Waals surface area contributed by atoms with E-state index in [1.807, 2.05) is 0 Å². The Morgan fingerprint density at radius 1 is 1.36 bits per heavy atom. The van der Waals surface area contributed by atoms with Gasteiger partial charge in [-0.25, -0.2) is 14.5 Å². The number of nitrogens with zero attached hydrogens (tertiary/aromatic N) is 4. The lowest BCUT2D eigenvalue weighted by atomic mass is 10.1. The number of amides is 1. The zero-order chi connectivity index (χ0) is 24.2. The van der Waals surface area contributed by atoms with Gasteiger partial charge in [0.25, 0.3) is 0 Å². The fourth-order valence-corrected chi connectivity index (χ4v) is 2.97. The van der Waals surface area contributed by atoms with Crippen LogP contribution in [0, 0.1) is 11.8 Å². The molecular weight excluding hydrogens is 441 g/mol. The first-order valence-corrected chi connectivity index (χ1v) is 9.64. The number of rotatable bonds is 6. The molecule has 11 heteroatoms. The fourth-order valence-electron chi connectivity index (χ4n) is 2.97. The molecule has 2 aromatic heterocycles. The van der Waals surface area contributed by atoms with Crippen molar-refractivity contribution in [2.75, 3.05) is 20.7 Å². The Labute approximate surface area is 186 Å². The summed E-state index contributed by atoms with van der Waals surface area (Å²) in [5, 5.41) is 14.4. The van der Waals surface area contributed by atoms with E-state index in [2.05, 4.69) is 21.9 Å². The number of fused-ring (bicyclic) bond motifs is 1. The fraction of sp³-hybridized carbons (Fsp3) is 0.273. The molecule has 1 aromatic carbocycles. The third-order valence-corrected chi connectivity index (χ3v) is 4.63. The highest BCUT2D eigenvalue weighted by atomic mass is 19.4. The number of aliphatic hydroxyl groups is 1. The maximum atomic E-state index is 13.6. The quantitative estimate of drug-likeness (QED) is 0.345. The van der Waals surface area contributed by atoms with Gasteiger partial charge in [0.1, 0.15) is 6.10 Å². The summed E-state index contributed by atoms with van der Waals surface area (Å²) in [4.78, 5) is 28.2. The molecule has 0 aliphatic carbocycles. The molecule has 0 saturated heterocycles. The molecule has 1 N–H and O–H groups in total. The smallest absolute Gasteiger partial charge is 0.416 e. The topological polar surface area (TPSA) is 97.5 Å². The summed E-state index contributed by atoms with van der Waals surface area (Å²) in [6.45, 7) is 0.231.